The zero-order valence-electron chi connectivity index (χ0n) is 24.4. The van der Waals surface area contributed by atoms with Gasteiger partial charge in [0.25, 0.3) is 5.91 Å². The Morgan fingerprint density at radius 3 is 2.29 bits per heavy atom. The summed E-state index contributed by atoms with van der Waals surface area (Å²) in [5.74, 6) is -0.518. The van der Waals surface area contributed by atoms with Crippen molar-refractivity contribution in [2.24, 2.45) is 0 Å². The van der Waals surface area contributed by atoms with Crippen LogP contribution in [0, 0.1) is 0 Å². The minimum absolute atomic E-state index is 0.104. The Morgan fingerprint density at radius 1 is 0.933 bits per heavy atom. The largest absolute Gasteiger partial charge is 0.484 e. The summed E-state index contributed by atoms with van der Waals surface area (Å²) in [7, 11) is -3.67. The molecule has 1 saturated heterocycles. The van der Waals surface area contributed by atoms with E-state index in [-0.39, 0.29) is 43.6 Å². The van der Waals surface area contributed by atoms with Crippen LogP contribution in [0.2, 0.25) is 5.02 Å². The second-order valence-corrected chi connectivity index (χ2v) is 12.7. The van der Waals surface area contributed by atoms with E-state index in [1.165, 1.54) is 33.5 Å². The van der Waals surface area contributed by atoms with Gasteiger partial charge in [0, 0.05) is 30.9 Å². The number of ether oxygens (including phenoxy) is 2. The molecule has 1 aromatic heterocycles. The van der Waals surface area contributed by atoms with Crippen molar-refractivity contribution in [3.63, 3.8) is 0 Å². The topological polar surface area (TPSA) is 118 Å². The second kappa shape index (κ2) is 15.1. The van der Waals surface area contributed by atoms with Crippen molar-refractivity contribution in [3.8, 4) is 5.75 Å². The van der Waals surface area contributed by atoms with Gasteiger partial charge in [-0.1, -0.05) is 60.1 Å². The number of rotatable bonds is 12. The fourth-order valence-corrected chi connectivity index (χ4v) is 6.40. The van der Waals surface area contributed by atoms with Crippen LogP contribution in [-0.2, 0) is 37.4 Å². The van der Waals surface area contributed by atoms with Crippen LogP contribution in [-0.4, -0.2) is 67.3 Å². The fourth-order valence-electron chi connectivity index (χ4n) is 4.87. The predicted octanol–water partition coefficient (Wildman–Crippen LogP) is 4.22. The molecule has 2 heterocycles. The molecule has 0 bridgehead atoms. The number of carbonyl (C=O) groups is 2. The van der Waals surface area contributed by atoms with E-state index in [1.807, 2.05) is 24.3 Å². The lowest BCUT2D eigenvalue weighted by Crippen LogP contribution is -2.45. The molecule has 1 aliphatic rings. The first-order valence-electron chi connectivity index (χ1n) is 14.4. The minimum atomic E-state index is -3.67. The molecule has 0 saturated carbocycles. The van der Waals surface area contributed by atoms with Gasteiger partial charge in [-0.3, -0.25) is 14.6 Å². The third-order valence-corrected chi connectivity index (χ3v) is 9.39. The summed E-state index contributed by atoms with van der Waals surface area (Å²) in [6.07, 6.45) is 1.65. The zero-order chi connectivity index (χ0) is 31.6. The SMILES string of the molecule is O=C(NCc1ccccn1)[C@H](c1ccccc1)N(Cc1ccc(Cl)cc1)C(=O)COc1ccc(S(=O)(=O)N2CCOCC2)cc1. The van der Waals surface area contributed by atoms with Gasteiger partial charge in [0.1, 0.15) is 11.8 Å². The molecule has 0 unspecified atom stereocenters. The third kappa shape index (κ3) is 8.46. The Balaban J connectivity index is 1.36. The molecule has 45 heavy (non-hydrogen) atoms. The van der Waals surface area contributed by atoms with Gasteiger partial charge in [0.2, 0.25) is 15.9 Å². The molecule has 3 aromatic carbocycles. The molecule has 0 radical (unpaired) electrons. The molecule has 10 nitrogen and oxygen atoms in total. The normalized spacial score (nSPS) is 14.3. The summed E-state index contributed by atoms with van der Waals surface area (Å²) < 4.78 is 38.4. The zero-order valence-corrected chi connectivity index (χ0v) is 26.0. The monoisotopic (exact) mass is 648 g/mol. The van der Waals surface area contributed by atoms with Crippen molar-refractivity contribution in [1.29, 1.82) is 0 Å². The maximum atomic E-state index is 13.9. The van der Waals surface area contributed by atoms with Gasteiger partial charge in [-0.25, -0.2) is 8.42 Å². The Kier molecular flexibility index (Phi) is 10.8. The first-order chi connectivity index (χ1) is 21.8. The number of nitrogens with one attached hydrogen (secondary N) is 1. The van der Waals surface area contributed by atoms with Gasteiger partial charge in [-0.2, -0.15) is 4.31 Å². The lowest BCUT2D eigenvalue weighted by atomic mass is 10.0. The number of pyridine rings is 1. The van der Waals surface area contributed by atoms with E-state index < -0.39 is 22.0 Å². The highest BCUT2D eigenvalue weighted by Crippen LogP contribution is 2.26. The minimum Gasteiger partial charge on any atom is -0.484 e. The summed E-state index contributed by atoms with van der Waals surface area (Å²) >= 11 is 6.10. The molecule has 0 spiro atoms. The Hall–Kier alpha value is -4.29. The molecule has 5 rings (SSSR count). The van der Waals surface area contributed by atoms with Gasteiger partial charge in [-0.15, -0.1) is 0 Å². The molecule has 0 aliphatic carbocycles. The molecular formula is C33H33ClN4O6S. The van der Waals surface area contributed by atoms with Crippen molar-refractivity contribution >= 4 is 33.4 Å². The van der Waals surface area contributed by atoms with Crippen molar-refractivity contribution < 1.29 is 27.5 Å². The number of halogens is 1. The predicted molar refractivity (Wildman–Crippen MR) is 169 cm³/mol. The maximum absolute atomic E-state index is 13.9. The Bertz CT molecular complexity index is 1670. The van der Waals surface area contributed by atoms with Crippen LogP contribution in [0.5, 0.6) is 5.75 Å². The number of hydrogen-bond donors (Lipinski definition) is 1. The van der Waals surface area contributed by atoms with Crippen molar-refractivity contribution in [3.05, 3.63) is 125 Å². The standard InChI is InChI=1S/C33H33ClN4O6S/c34-27-11-9-25(10-12-27)23-38(32(26-6-2-1-3-7-26)33(40)36-22-28-8-4-5-17-35-28)31(39)24-44-29-13-15-30(16-14-29)45(41,42)37-18-20-43-21-19-37/h1-17,32H,18-24H2,(H,36,40)/t32-/m0/s1. The average Bonchev–Trinajstić information content (AvgIpc) is 3.08. The van der Waals surface area contributed by atoms with Crippen molar-refractivity contribution in [1.82, 2.24) is 19.5 Å². The first kappa shape index (κ1) is 32.1. The van der Waals surface area contributed by atoms with Crippen LogP contribution in [0.25, 0.3) is 0 Å². The lowest BCUT2D eigenvalue weighted by Gasteiger charge is -2.31. The average molecular weight is 649 g/mol. The van der Waals surface area contributed by atoms with Crippen LogP contribution in [0.4, 0.5) is 0 Å². The van der Waals surface area contributed by atoms with Gasteiger partial charge >= 0.3 is 0 Å². The molecule has 1 atom stereocenters. The van der Waals surface area contributed by atoms with Gasteiger partial charge < -0.3 is 19.7 Å². The van der Waals surface area contributed by atoms with Crippen LogP contribution in [0.15, 0.2) is 108 Å². The van der Waals surface area contributed by atoms with E-state index in [0.717, 1.165) is 5.56 Å². The highest BCUT2D eigenvalue weighted by molar-refractivity contribution is 7.89. The van der Waals surface area contributed by atoms with Crippen molar-refractivity contribution in [2.75, 3.05) is 32.9 Å². The summed E-state index contributed by atoms with van der Waals surface area (Å²) in [5, 5.41) is 3.47. The van der Waals surface area contributed by atoms with Crippen molar-refractivity contribution in [2.45, 2.75) is 24.0 Å². The molecule has 234 valence electrons. The van der Waals surface area contributed by atoms with Gasteiger partial charge in [0.15, 0.2) is 6.61 Å². The van der Waals surface area contributed by atoms with E-state index in [2.05, 4.69) is 10.3 Å². The van der Waals surface area contributed by atoms with E-state index >= 15 is 0 Å². The number of aromatic nitrogens is 1. The van der Waals surface area contributed by atoms with Crippen LogP contribution < -0.4 is 10.1 Å². The highest BCUT2D eigenvalue weighted by Gasteiger charge is 2.32. The van der Waals surface area contributed by atoms with Crippen LogP contribution in [0.1, 0.15) is 22.9 Å². The molecule has 4 aromatic rings. The molecule has 2 amide bonds. The molecule has 1 aliphatic heterocycles. The first-order valence-corrected chi connectivity index (χ1v) is 16.2. The molecule has 12 heteroatoms. The van der Waals surface area contributed by atoms with Gasteiger partial charge in [0.05, 0.1) is 30.3 Å². The van der Waals surface area contributed by atoms with Crippen LogP contribution >= 0.6 is 11.6 Å². The maximum Gasteiger partial charge on any atom is 0.261 e. The van der Waals surface area contributed by atoms with Gasteiger partial charge in [-0.05, 0) is 59.7 Å². The molecular weight excluding hydrogens is 616 g/mol. The number of benzene rings is 3. The van der Waals surface area contributed by atoms with E-state index in [4.69, 9.17) is 21.1 Å². The van der Waals surface area contributed by atoms with Crippen LogP contribution in [0.3, 0.4) is 0 Å². The van der Waals surface area contributed by atoms with E-state index in [9.17, 15) is 18.0 Å². The van der Waals surface area contributed by atoms with E-state index in [0.29, 0.717) is 35.2 Å². The number of morpholine rings is 1. The Morgan fingerprint density at radius 2 is 1.62 bits per heavy atom. The number of carbonyl (C=O) groups excluding carboxylic acids is 2. The lowest BCUT2D eigenvalue weighted by molar-refractivity contribution is -0.143. The fraction of sp³-hybridized carbons (Fsp3) is 0.242. The number of nitrogens with zero attached hydrogens (tertiary/aromatic N) is 3. The third-order valence-electron chi connectivity index (χ3n) is 7.23. The molecule has 1 fully saturated rings. The summed E-state index contributed by atoms with van der Waals surface area (Å²) in [5.41, 5.74) is 2.07. The number of sulfonamides is 1. The summed E-state index contributed by atoms with van der Waals surface area (Å²) in [4.78, 5) is 33.5. The highest BCUT2D eigenvalue weighted by atomic mass is 35.5. The summed E-state index contributed by atoms with van der Waals surface area (Å²) in [6, 6.07) is 26.5. The summed E-state index contributed by atoms with van der Waals surface area (Å²) in [6.45, 7) is 1.17. The smallest absolute Gasteiger partial charge is 0.261 e. The quantitative estimate of drug-likeness (QED) is 0.244. The second-order valence-electron chi connectivity index (χ2n) is 10.3. The van der Waals surface area contributed by atoms with E-state index in [1.54, 1.807) is 54.7 Å². The number of hydrogen-bond acceptors (Lipinski definition) is 7. The Labute approximate surface area is 267 Å². The molecule has 1 N–H and O–H groups in total. The number of amides is 2.